The van der Waals surface area contributed by atoms with Crippen LogP contribution in [0.5, 0.6) is 5.75 Å². The van der Waals surface area contributed by atoms with Crippen LogP contribution in [-0.2, 0) is 14.8 Å². The van der Waals surface area contributed by atoms with Gasteiger partial charge in [-0.2, -0.15) is 13.2 Å². The minimum Gasteiger partial charge on any atom is -0.495 e. The Labute approximate surface area is 185 Å². The normalized spacial score (nSPS) is 13.0. The van der Waals surface area contributed by atoms with Gasteiger partial charge in [-0.1, -0.05) is 23.9 Å². The minimum atomic E-state index is -4.52. The number of carbonyl (C=O) groups is 1. The van der Waals surface area contributed by atoms with Crippen LogP contribution in [0.4, 0.5) is 18.9 Å². The second-order valence-electron chi connectivity index (χ2n) is 6.51. The third kappa shape index (κ3) is 5.85. The van der Waals surface area contributed by atoms with E-state index in [1.807, 2.05) is 0 Å². The zero-order chi connectivity index (χ0) is 23.5. The highest BCUT2D eigenvalue weighted by molar-refractivity contribution is 8.00. The van der Waals surface area contributed by atoms with Crippen LogP contribution in [0.3, 0.4) is 0 Å². The van der Waals surface area contributed by atoms with Crippen LogP contribution in [0.1, 0.15) is 6.92 Å². The standard InChI is InChI=1S/C19H18F3N3O5S2/c1-11(17(26)23-10-19(20,21)22)31-18-24-14-9-12(7-8-16(14)30-18)32(27,28)25-13-5-3-4-6-15(13)29-2/h3-9,11,25H,10H2,1-2H3,(H,23,26). The Morgan fingerprint density at radius 1 is 1.25 bits per heavy atom. The van der Waals surface area contributed by atoms with Gasteiger partial charge >= 0.3 is 6.18 Å². The molecule has 0 saturated carbocycles. The molecule has 1 heterocycles. The molecule has 0 fully saturated rings. The molecule has 0 aliphatic rings. The van der Waals surface area contributed by atoms with E-state index in [9.17, 15) is 26.4 Å². The van der Waals surface area contributed by atoms with Crippen molar-refractivity contribution in [2.75, 3.05) is 18.4 Å². The molecule has 1 atom stereocenters. The molecule has 0 saturated heterocycles. The number of hydrogen-bond donors (Lipinski definition) is 2. The van der Waals surface area contributed by atoms with Gasteiger partial charge in [0.2, 0.25) is 5.91 Å². The Kier molecular flexibility index (Phi) is 6.88. The van der Waals surface area contributed by atoms with Crippen molar-refractivity contribution < 1.29 is 35.5 Å². The Bertz CT molecular complexity index is 1230. The summed E-state index contributed by atoms with van der Waals surface area (Å²) in [6.45, 7) is -0.0387. The zero-order valence-electron chi connectivity index (χ0n) is 16.8. The first-order valence-corrected chi connectivity index (χ1v) is 11.4. The van der Waals surface area contributed by atoms with Crippen LogP contribution in [0.2, 0.25) is 0 Å². The number of alkyl halides is 3. The predicted octanol–water partition coefficient (Wildman–Crippen LogP) is 3.80. The second kappa shape index (κ2) is 9.28. The number of amides is 1. The molecule has 0 aliphatic carbocycles. The van der Waals surface area contributed by atoms with Crippen molar-refractivity contribution in [3.63, 3.8) is 0 Å². The number of benzene rings is 2. The maximum absolute atomic E-state index is 12.8. The first-order chi connectivity index (χ1) is 15.0. The number of methoxy groups -OCH3 is 1. The second-order valence-corrected chi connectivity index (χ2v) is 9.48. The average Bonchev–Trinajstić information content (AvgIpc) is 3.13. The van der Waals surface area contributed by atoms with Crippen LogP contribution in [-0.4, -0.2) is 44.4 Å². The van der Waals surface area contributed by atoms with Gasteiger partial charge in [-0.3, -0.25) is 9.52 Å². The maximum atomic E-state index is 12.8. The quantitative estimate of drug-likeness (QED) is 0.463. The molecule has 1 unspecified atom stereocenters. The third-order valence-electron chi connectivity index (χ3n) is 4.11. The number of thioether (sulfide) groups is 1. The number of carbonyl (C=O) groups excluding carboxylic acids is 1. The van der Waals surface area contributed by atoms with Gasteiger partial charge in [-0.25, -0.2) is 13.4 Å². The van der Waals surface area contributed by atoms with Gasteiger partial charge in [0.15, 0.2) is 5.58 Å². The van der Waals surface area contributed by atoms with Crippen molar-refractivity contribution in [2.45, 2.75) is 28.5 Å². The molecule has 1 amide bonds. The number of rotatable bonds is 8. The summed E-state index contributed by atoms with van der Waals surface area (Å²) in [6.07, 6.45) is -4.52. The predicted molar refractivity (Wildman–Crippen MR) is 112 cm³/mol. The van der Waals surface area contributed by atoms with Gasteiger partial charge in [0.25, 0.3) is 15.2 Å². The molecule has 13 heteroatoms. The number of nitrogens with zero attached hydrogens (tertiary/aromatic N) is 1. The van der Waals surface area contributed by atoms with Gasteiger partial charge in [0.1, 0.15) is 17.8 Å². The number of oxazole rings is 1. The highest BCUT2D eigenvalue weighted by Crippen LogP contribution is 2.30. The number of fused-ring (bicyclic) bond motifs is 1. The molecule has 0 spiro atoms. The fourth-order valence-corrected chi connectivity index (χ4v) is 4.44. The van der Waals surface area contributed by atoms with Gasteiger partial charge in [-0.15, -0.1) is 0 Å². The van der Waals surface area contributed by atoms with Gasteiger partial charge in [-0.05, 0) is 37.3 Å². The Hall–Kier alpha value is -2.93. The zero-order valence-corrected chi connectivity index (χ0v) is 18.4. The fourth-order valence-electron chi connectivity index (χ4n) is 2.57. The highest BCUT2D eigenvalue weighted by Gasteiger charge is 2.29. The van der Waals surface area contributed by atoms with Crippen LogP contribution >= 0.6 is 11.8 Å². The van der Waals surface area contributed by atoms with Crippen LogP contribution in [0.15, 0.2) is 57.0 Å². The van der Waals surface area contributed by atoms with Crippen molar-refractivity contribution in [1.82, 2.24) is 10.3 Å². The summed E-state index contributed by atoms with van der Waals surface area (Å²) in [6, 6.07) is 10.5. The summed E-state index contributed by atoms with van der Waals surface area (Å²) in [5.41, 5.74) is 0.718. The molecule has 3 rings (SSSR count). The molecule has 32 heavy (non-hydrogen) atoms. The average molecular weight is 489 g/mol. The van der Waals surface area contributed by atoms with Crippen molar-refractivity contribution in [2.24, 2.45) is 0 Å². The molecule has 8 nitrogen and oxygen atoms in total. The third-order valence-corrected chi connectivity index (χ3v) is 6.42. The lowest BCUT2D eigenvalue weighted by Gasteiger charge is -2.11. The van der Waals surface area contributed by atoms with Gasteiger partial charge in [0, 0.05) is 0 Å². The smallest absolute Gasteiger partial charge is 0.405 e. The summed E-state index contributed by atoms with van der Waals surface area (Å²) >= 11 is 0.810. The van der Waals surface area contributed by atoms with Crippen molar-refractivity contribution >= 4 is 44.5 Å². The molecule has 172 valence electrons. The Balaban J connectivity index is 1.76. The summed E-state index contributed by atoms with van der Waals surface area (Å²) in [7, 11) is -2.56. The van der Waals surface area contributed by atoms with E-state index >= 15 is 0 Å². The maximum Gasteiger partial charge on any atom is 0.405 e. The van der Waals surface area contributed by atoms with Gasteiger partial charge in [0.05, 0.1) is 22.9 Å². The number of nitrogens with one attached hydrogen (secondary N) is 2. The molecule has 3 aromatic rings. The number of sulfonamides is 1. The van der Waals surface area contributed by atoms with E-state index in [0.717, 1.165) is 11.8 Å². The molecule has 0 radical (unpaired) electrons. The topological polar surface area (TPSA) is 111 Å². The highest BCUT2D eigenvalue weighted by atomic mass is 32.2. The number of halogens is 3. The molecule has 1 aromatic heterocycles. The molecule has 0 bridgehead atoms. The number of para-hydroxylation sites is 2. The lowest BCUT2D eigenvalue weighted by Crippen LogP contribution is -2.37. The van der Waals surface area contributed by atoms with E-state index in [2.05, 4.69) is 9.71 Å². The van der Waals surface area contributed by atoms with E-state index in [4.69, 9.17) is 9.15 Å². The fraction of sp³-hybridized carbons (Fsp3) is 0.263. The SMILES string of the molecule is COc1ccccc1NS(=O)(=O)c1ccc2oc(SC(C)C(=O)NCC(F)(F)F)nc2c1. The number of anilines is 1. The van der Waals surface area contributed by atoms with Gasteiger partial charge < -0.3 is 14.5 Å². The lowest BCUT2D eigenvalue weighted by molar-refractivity contribution is -0.137. The molecular weight excluding hydrogens is 471 g/mol. The van der Waals surface area contributed by atoms with Crippen LogP contribution in [0, 0.1) is 0 Å². The van der Waals surface area contributed by atoms with E-state index in [1.54, 1.807) is 29.6 Å². The number of ether oxygens (including phenoxy) is 1. The van der Waals surface area contributed by atoms with Crippen molar-refractivity contribution in [3.05, 3.63) is 42.5 Å². The lowest BCUT2D eigenvalue weighted by atomic mass is 10.3. The van der Waals surface area contributed by atoms with Crippen LogP contribution in [0.25, 0.3) is 11.1 Å². The van der Waals surface area contributed by atoms with Crippen molar-refractivity contribution in [3.8, 4) is 5.75 Å². The number of hydrogen-bond acceptors (Lipinski definition) is 7. The first-order valence-electron chi connectivity index (χ1n) is 9.06. The van der Waals surface area contributed by atoms with E-state index in [1.165, 1.54) is 32.2 Å². The Morgan fingerprint density at radius 3 is 2.66 bits per heavy atom. The molecule has 2 aromatic carbocycles. The molecule has 0 aliphatic heterocycles. The number of aromatic nitrogens is 1. The first kappa shape index (κ1) is 23.7. The summed E-state index contributed by atoms with van der Waals surface area (Å²) < 4.78 is 75.3. The van der Waals surface area contributed by atoms with E-state index < -0.39 is 33.9 Å². The van der Waals surface area contributed by atoms with E-state index in [-0.39, 0.29) is 26.9 Å². The molecular formula is C19H18F3N3O5S2. The monoisotopic (exact) mass is 489 g/mol. The minimum absolute atomic E-state index is 0.0156. The summed E-state index contributed by atoms with van der Waals surface area (Å²) in [4.78, 5) is 15.9. The Morgan fingerprint density at radius 2 is 1.97 bits per heavy atom. The van der Waals surface area contributed by atoms with Crippen LogP contribution < -0.4 is 14.8 Å². The van der Waals surface area contributed by atoms with E-state index in [0.29, 0.717) is 5.75 Å². The summed E-state index contributed by atoms with van der Waals surface area (Å²) in [5, 5.41) is 0.886. The van der Waals surface area contributed by atoms with Crippen molar-refractivity contribution in [1.29, 1.82) is 0 Å². The summed E-state index contributed by atoms with van der Waals surface area (Å²) in [5.74, 6) is -0.492. The molecule has 2 N–H and O–H groups in total. The largest absolute Gasteiger partial charge is 0.495 e.